The summed E-state index contributed by atoms with van der Waals surface area (Å²) in [5.74, 6) is -4.30. The van der Waals surface area contributed by atoms with E-state index in [0.717, 1.165) is 44.2 Å². The molecule has 4 aliphatic rings. The van der Waals surface area contributed by atoms with E-state index in [0.29, 0.717) is 157 Å². The summed E-state index contributed by atoms with van der Waals surface area (Å²) >= 11 is 0. The first kappa shape index (κ1) is 80.1. The van der Waals surface area contributed by atoms with E-state index >= 15 is 0 Å². The molecule has 0 radical (unpaired) electrons. The Morgan fingerprint density at radius 3 is 1.61 bits per heavy atom. The first-order valence-corrected chi connectivity index (χ1v) is 34.5. The molecule has 30 nitrogen and oxygen atoms in total. The van der Waals surface area contributed by atoms with Crippen LogP contribution in [0.1, 0.15) is 117 Å². The lowest BCUT2D eigenvalue weighted by molar-refractivity contribution is -0.163. The minimum absolute atomic E-state index is 0.00331. The third kappa shape index (κ3) is 25.7. The Kier molecular flexibility index (Phi) is 33.7. The molecule has 3 aromatic rings. The molecule has 0 aliphatic heterocycles. The Balaban J connectivity index is 0.859. The molecule has 1 aromatic heterocycles. The molecule has 4 saturated carbocycles. The highest BCUT2D eigenvalue weighted by Gasteiger charge is 2.62. The van der Waals surface area contributed by atoms with Crippen LogP contribution in [-0.4, -0.2) is 281 Å². The highest BCUT2D eigenvalue weighted by molar-refractivity contribution is 5.99. The van der Waals surface area contributed by atoms with Gasteiger partial charge in [0.05, 0.1) is 83.8 Å². The topological polar surface area (TPSA) is 384 Å². The number of hydrogen-bond donors (Lipinski definition) is 10. The van der Waals surface area contributed by atoms with Crippen LogP contribution >= 0.6 is 0 Å². The van der Waals surface area contributed by atoms with Crippen molar-refractivity contribution >= 4 is 53.4 Å². The predicted octanol–water partition coefficient (Wildman–Crippen LogP) is 2.47. The Morgan fingerprint density at radius 2 is 1.10 bits per heavy atom. The van der Waals surface area contributed by atoms with Gasteiger partial charge in [-0.3, -0.25) is 48.2 Å². The number of carboxylic acid groups (broad SMARTS) is 4. The van der Waals surface area contributed by atoms with E-state index in [1.165, 1.54) is 0 Å². The lowest BCUT2D eigenvalue weighted by atomic mass is 9.48. The number of rotatable bonds is 51. The third-order valence-electron chi connectivity index (χ3n) is 18.2. The van der Waals surface area contributed by atoms with Crippen LogP contribution in [-0.2, 0) is 47.8 Å². The van der Waals surface area contributed by atoms with Crippen molar-refractivity contribution in [3.8, 4) is 28.4 Å². The van der Waals surface area contributed by atoms with Gasteiger partial charge in [0, 0.05) is 104 Å². The van der Waals surface area contributed by atoms with Crippen molar-refractivity contribution in [3.63, 3.8) is 0 Å². The molecule has 1 heterocycles. The van der Waals surface area contributed by atoms with Gasteiger partial charge in [0.15, 0.2) is 5.69 Å². The molecule has 4 aliphatic carbocycles. The molecule has 4 fully saturated rings. The number of ether oxygens (including phenoxy) is 5. The van der Waals surface area contributed by atoms with Gasteiger partial charge in [-0.25, -0.2) is 9.48 Å². The first-order valence-electron chi connectivity index (χ1n) is 34.5. The SMILES string of the molecule is COc1cccc(OC)c1-c1cc(C(=O)NC2(C(=O)O)C3CC4CC(C3)CC2C4)nn1-c1ccc(C(=O)N(CCCNC(=O)CCC(=O)NCCCOCCOCCOCCCNC(=O)CNCCN(CCN(CCNCC(=O)O)CC(=O)O)CC(=O)O)CCCN(C)C)cc1C(C)C. The lowest BCUT2D eigenvalue weighted by Gasteiger charge is -2.59. The van der Waals surface area contributed by atoms with Crippen molar-refractivity contribution in [2.75, 3.05) is 173 Å². The Labute approximate surface area is 579 Å². The summed E-state index contributed by atoms with van der Waals surface area (Å²) < 4.78 is 30.1. The summed E-state index contributed by atoms with van der Waals surface area (Å²) in [7, 11) is 7.03. The number of carboxylic acids is 4. The second-order valence-corrected chi connectivity index (χ2v) is 26.2. The molecule has 550 valence electrons. The number of hydrogen-bond acceptors (Lipinski definition) is 20. The average Bonchev–Trinajstić information content (AvgIpc) is 0.991. The summed E-state index contributed by atoms with van der Waals surface area (Å²) in [4.78, 5) is 121. The molecule has 0 spiro atoms. The largest absolute Gasteiger partial charge is 0.496 e. The van der Waals surface area contributed by atoms with Gasteiger partial charge in [0.2, 0.25) is 17.7 Å². The average molecular weight is 1390 g/mol. The third-order valence-corrected chi connectivity index (χ3v) is 18.2. The second-order valence-electron chi connectivity index (χ2n) is 26.2. The lowest BCUT2D eigenvalue weighted by Crippen LogP contribution is -2.70. The fourth-order valence-corrected chi connectivity index (χ4v) is 13.5. The molecular formula is C69H106N12O18. The number of methoxy groups -OCH3 is 2. The molecule has 10 N–H and O–H groups in total. The van der Waals surface area contributed by atoms with E-state index in [4.69, 9.17) is 33.9 Å². The number of carbonyl (C=O) groups is 9. The van der Waals surface area contributed by atoms with Gasteiger partial charge in [-0.2, -0.15) is 5.10 Å². The van der Waals surface area contributed by atoms with Crippen molar-refractivity contribution in [2.24, 2.45) is 23.7 Å². The molecular weight excluding hydrogens is 1280 g/mol. The number of benzene rings is 2. The maximum Gasteiger partial charge on any atom is 0.330 e. The van der Waals surface area contributed by atoms with Gasteiger partial charge >= 0.3 is 23.9 Å². The van der Waals surface area contributed by atoms with Crippen molar-refractivity contribution in [2.45, 2.75) is 95.9 Å². The number of nitrogens with zero attached hydrogens (tertiary/aromatic N) is 6. The quantitative estimate of drug-likeness (QED) is 0.0363. The predicted molar refractivity (Wildman–Crippen MR) is 366 cm³/mol. The standard InChI is InChI=1S/C69H106N12O18/c1-47(2)53-41-50(14-15-55(53)81-56(65-57(95-5)12-7-13-58(65)96-6)42-54(76-81)66(91)75-69(68(93)94)51-37-48-36-49(39-51)40-52(69)38-48)67(92)80(25-11-23-77(3)4)24-8-18-72-59(82)16-17-60(83)73-19-9-30-97-32-34-99-35-33-98-31-10-20-74-61(84)43-70-21-26-78(45-63(87)88)28-29-79(46-64(89)90)27-22-71-44-62(85)86/h7,12-15,41-42,47-49,51-52,70-71H,8-11,16-40,43-46H2,1-6H3,(H,72,82)(H,73,83)(H,74,84)(H,75,91)(H,85,86)(H,87,88)(H,89,90)(H,93,94). The minimum atomic E-state index is -1.40. The Hall–Kier alpha value is -7.84. The maximum atomic E-state index is 14.6. The van der Waals surface area contributed by atoms with E-state index < -0.39 is 35.3 Å². The highest BCUT2D eigenvalue weighted by Crippen LogP contribution is 2.58. The second kappa shape index (κ2) is 41.7. The van der Waals surface area contributed by atoms with Crippen LogP contribution in [0.4, 0.5) is 0 Å². The zero-order valence-corrected chi connectivity index (χ0v) is 58.5. The number of carbonyl (C=O) groups excluding carboxylic acids is 5. The van der Waals surface area contributed by atoms with Crippen LogP contribution in [0.2, 0.25) is 0 Å². The maximum absolute atomic E-state index is 14.6. The molecule has 2 aromatic carbocycles. The zero-order chi connectivity index (χ0) is 71.9. The summed E-state index contributed by atoms with van der Waals surface area (Å²) in [6.45, 7) is 9.64. The van der Waals surface area contributed by atoms with E-state index in [2.05, 4.69) is 36.8 Å². The van der Waals surface area contributed by atoms with Gasteiger partial charge < -0.3 is 85.8 Å². The molecule has 4 bridgehead atoms. The van der Waals surface area contributed by atoms with Gasteiger partial charge in [-0.15, -0.1) is 0 Å². The van der Waals surface area contributed by atoms with Gasteiger partial charge in [0.25, 0.3) is 11.8 Å². The van der Waals surface area contributed by atoms with Crippen molar-refractivity contribution in [1.29, 1.82) is 0 Å². The highest BCUT2D eigenvalue weighted by atomic mass is 16.5. The fourth-order valence-electron chi connectivity index (χ4n) is 13.5. The van der Waals surface area contributed by atoms with Crippen LogP contribution in [0, 0.1) is 23.7 Å². The van der Waals surface area contributed by atoms with Crippen LogP contribution in [0.5, 0.6) is 11.5 Å². The molecule has 99 heavy (non-hydrogen) atoms. The Bertz CT molecular complexity index is 3080. The minimum Gasteiger partial charge on any atom is -0.496 e. The van der Waals surface area contributed by atoms with Gasteiger partial charge in [0.1, 0.15) is 17.0 Å². The molecule has 7 rings (SSSR count). The smallest absolute Gasteiger partial charge is 0.330 e. The molecule has 0 saturated heterocycles. The molecule has 30 heteroatoms. The van der Waals surface area contributed by atoms with Crippen molar-refractivity contribution in [1.82, 2.24) is 61.3 Å². The summed E-state index contributed by atoms with van der Waals surface area (Å²) in [6, 6.07) is 12.4. The Morgan fingerprint density at radius 1 is 0.586 bits per heavy atom. The summed E-state index contributed by atoms with van der Waals surface area (Å²) in [6.07, 6.45) is 6.51. The molecule has 0 unspecified atom stereocenters. The normalized spacial score (nSPS) is 17.6. The van der Waals surface area contributed by atoms with Crippen molar-refractivity contribution < 1.29 is 87.3 Å². The summed E-state index contributed by atoms with van der Waals surface area (Å²) in [5, 5.41) is 60.5. The van der Waals surface area contributed by atoms with E-state index in [9.17, 15) is 58.5 Å². The van der Waals surface area contributed by atoms with Crippen LogP contribution in [0.3, 0.4) is 0 Å². The van der Waals surface area contributed by atoms with E-state index in [1.807, 2.05) is 40.1 Å². The molecule has 0 atom stereocenters. The van der Waals surface area contributed by atoms with E-state index in [1.54, 1.807) is 63.9 Å². The van der Waals surface area contributed by atoms with Gasteiger partial charge in [-0.1, -0.05) is 19.9 Å². The first-order chi connectivity index (χ1) is 47.5. The summed E-state index contributed by atoms with van der Waals surface area (Å²) in [5.41, 5.74) is 1.45. The number of aromatic nitrogens is 2. The number of amides is 5. The van der Waals surface area contributed by atoms with Crippen LogP contribution in [0.25, 0.3) is 16.9 Å². The van der Waals surface area contributed by atoms with Crippen molar-refractivity contribution in [3.05, 3.63) is 59.3 Å². The number of nitrogens with one attached hydrogen (secondary N) is 6. The molecule has 5 amide bonds. The number of aliphatic carboxylic acids is 4. The van der Waals surface area contributed by atoms with Gasteiger partial charge in [-0.05, 0) is 150 Å². The van der Waals surface area contributed by atoms with Crippen LogP contribution < -0.4 is 41.4 Å². The van der Waals surface area contributed by atoms with Crippen LogP contribution in [0.15, 0.2) is 42.5 Å². The zero-order valence-electron chi connectivity index (χ0n) is 58.5. The monoisotopic (exact) mass is 1390 g/mol. The fraction of sp³-hybridized carbons (Fsp3) is 0.652. The van der Waals surface area contributed by atoms with E-state index in [-0.39, 0.29) is 112 Å².